The first-order valence-corrected chi connectivity index (χ1v) is 6.89. The summed E-state index contributed by atoms with van der Waals surface area (Å²) in [6.07, 6.45) is 0.871. The van der Waals surface area contributed by atoms with Gasteiger partial charge in [0.2, 0.25) is 5.91 Å². The van der Waals surface area contributed by atoms with Crippen LogP contribution in [-0.2, 0) is 11.2 Å². The Hall–Kier alpha value is -0.940. The average molecular weight is 253 g/mol. The van der Waals surface area contributed by atoms with E-state index in [0.717, 1.165) is 30.1 Å². The molecule has 2 heterocycles. The average Bonchev–Trinajstić information content (AvgIpc) is 2.68. The highest BCUT2D eigenvalue weighted by Gasteiger charge is 2.31. The van der Waals surface area contributed by atoms with Crippen LogP contribution in [0.15, 0.2) is 5.51 Å². The molecule has 17 heavy (non-hydrogen) atoms. The van der Waals surface area contributed by atoms with Crippen molar-refractivity contribution < 1.29 is 4.79 Å². The number of nitrogens with zero attached hydrogens (tertiary/aromatic N) is 2. The van der Waals surface area contributed by atoms with E-state index >= 15 is 0 Å². The fraction of sp³-hybridized carbons (Fsp3) is 0.667. The largest absolute Gasteiger partial charge is 0.340 e. The summed E-state index contributed by atoms with van der Waals surface area (Å²) in [5, 5.41) is 3.12. The highest BCUT2D eigenvalue weighted by atomic mass is 32.1. The molecule has 1 atom stereocenters. The van der Waals surface area contributed by atoms with Crippen LogP contribution < -0.4 is 5.32 Å². The van der Waals surface area contributed by atoms with E-state index in [4.69, 9.17) is 0 Å². The van der Waals surface area contributed by atoms with Gasteiger partial charge in [0.05, 0.1) is 16.1 Å². The van der Waals surface area contributed by atoms with E-state index in [1.165, 1.54) is 0 Å². The minimum atomic E-state index is -0.209. The van der Waals surface area contributed by atoms with E-state index in [2.05, 4.69) is 24.1 Å². The molecule has 0 saturated heterocycles. The second-order valence-electron chi connectivity index (χ2n) is 4.81. The van der Waals surface area contributed by atoms with Gasteiger partial charge < -0.3 is 10.2 Å². The Morgan fingerprint density at radius 3 is 3.06 bits per heavy atom. The number of rotatable bonds is 3. The van der Waals surface area contributed by atoms with Crippen LogP contribution in [0.5, 0.6) is 0 Å². The van der Waals surface area contributed by atoms with Crippen LogP contribution in [0.4, 0.5) is 0 Å². The lowest BCUT2D eigenvalue weighted by atomic mass is 10.1. The lowest BCUT2D eigenvalue weighted by molar-refractivity contribution is -0.133. The number of fused-ring (bicyclic) bond motifs is 1. The van der Waals surface area contributed by atoms with Gasteiger partial charge in [-0.1, -0.05) is 13.8 Å². The molecule has 1 N–H and O–H groups in total. The van der Waals surface area contributed by atoms with Crippen LogP contribution in [0.2, 0.25) is 0 Å². The fourth-order valence-corrected chi connectivity index (χ4v) is 3.16. The minimum Gasteiger partial charge on any atom is -0.340 e. The number of thiazole rings is 1. The summed E-state index contributed by atoms with van der Waals surface area (Å²) >= 11 is 1.57. The molecule has 2 rings (SSSR count). The number of carbonyl (C=O) groups is 1. The predicted molar refractivity (Wildman–Crippen MR) is 69.0 cm³/mol. The predicted octanol–water partition coefficient (Wildman–Crippen LogP) is 1.44. The zero-order valence-electron chi connectivity index (χ0n) is 10.6. The maximum Gasteiger partial charge on any atom is 0.245 e. The molecule has 1 aliphatic heterocycles. The molecule has 1 amide bonds. The third-order valence-corrected chi connectivity index (χ3v) is 3.92. The maximum atomic E-state index is 12.4. The van der Waals surface area contributed by atoms with Crippen LogP contribution >= 0.6 is 11.3 Å². The van der Waals surface area contributed by atoms with Crippen LogP contribution in [0, 0.1) is 5.92 Å². The molecule has 0 aromatic carbocycles. The molecular formula is C12H19N3OS. The molecule has 94 valence electrons. The lowest BCUT2D eigenvalue weighted by Gasteiger charge is -2.25. The minimum absolute atomic E-state index is 0.184. The Bertz CT molecular complexity index is 402. The highest BCUT2D eigenvalue weighted by Crippen LogP contribution is 2.27. The van der Waals surface area contributed by atoms with Crippen LogP contribution in [0.1, 0.15) is 30.5 Å². The van der Waals surface area contributed by atoms with Gasteiger partial charge in [0.1, 0.15) is 6.04 Å². The molecule has 1 unspecified atom stereocenters. The van der Waals surface area contributed by atoms with Crippen molar-refractivity contribution >= 4 is 17.2 Å². The summed E-state index contributed by atoms with van der Waals surface area (Å²) in [7, 11) is 1.84. The van der Waals surface area contributed by atoms with Crippen molar-refractivity contribution in [1.82, 2.24) is 15.2 Å². The van der Waals surface area contributed by atoms with Crippen molar-refractivity contribution in [3.8, 4) is 0 Å². The molecule has 4 nitrogen and oxygen atoms in total. The van der Waals surface area contributed by atoms with Gasteiger partial charge in [-0.2, -0.15) is 0 Å². The Kier molecular flexibility index (Phi) is 3.79. The number of likely N-dealkylation sites (N-methyl/N-ethyl adjacent to an activating group) is 1. The number of amides is 1. The third-order valence-electron chi connectivity index (χ3n) is 2.99. The van der Waals surface area contributed by atoms with Crippen molar-refractivity contribution in [1.29, 1.82) is 0 Å². The van der Waals surface area contributed by atoms with E-state index in [1.54, 1.807) is 11.3 Å². The fourth-order valence-electron chi connectivity index (χ4n) is 2.22. The van der Waals surface area contributed by atoms with Crippen LogP contribution in [-0.4, -0.2) is 35.9 Å². The first-order chi connectivity index (χ1) is 8.13. The second-order valence-corrected chi connectivity index (χ2v) is 5.70. The molecule has 1 aromatic heterocycles. The highest BCUT2D eigenvalue weighted by molar-refractivity contribution is 7.10. The molecule has 0 saturated carbocycles. The van der Waals surface area contributed by atoms with E-state index in [1.807, 2.05) is 17.5 Å². The van der Waals surface area contributed by atoms with Crippen LogP contribution in [0.3, 0.4) is 0 Å². The van der Waals surface area contributed by atoms with Gasteiger partial charge in [-0.15, -0.1) is 11.3 Å². The summed E-state index contributed by atoms with van der Waals surface area (Å²) in [6, 6.07) is -0.209. The normalized spacial score (nSPS) is 20.6. The van der Waals surface area contributed by atoms with E-state index < -0.39 is 0 Å². The van der Waals surface area contributed by atoms with Crippen molar-refractivity contribution in [3.05, 3.63) is 16.1 Å². The lowest BCUT2D eigenvalue weighted by Crippen LogP contribution is -2.40. The smallest absolute Gasteiger partial charge is 0.245 e. The summed E-state index contributed by atoms with van der Waals surface area (Å²) < 4.78 is 0. The van der Waals surface area contributed by atoms with E-state index in [0.29, 0.717) is 5.92 Å². The Labute approximate surface area is 106 Å². The van der Waals surface area contributed by atoms with E-state index in [-0.39, 0.29) is 11.9 Å². The standard InChI is InChI=1S/C12H19N3OS/c1-8(2)6-15-5-4-9-11(17-7-14-9)10(13-3)12(15)16/h7-8,10,13H,4-6H2,1-3H3. The topological polar surface area (TPSA) is 45.2 Å². The van der Waals surface area contributed by atoms with Gasteiger partial charge >= 0.3 is 0 Å². The molecular weight excluding hydrogens is 234 g/mol. The SMILES string of the molecule is CNC1C(=O)N(CC(C)C)CCc2ncsc21. The van der Waals surface area contributed by atoms with Gasteiger partial charge in [-0.3, -0.25) is 4.79 Å². The quantitative estimate of drug-likeness (QED) is 0.886. The first kappa shape index (κ1) is 12.5. The molecule has 1 aromatic rings. The molecule has 0 spiro atoms. The number of aromatic nitrogens is 1. The Morgan fingerprint density at radius 1 is 1.65 bits per heavy atom. The number of carbonyl (C=O) groups excluding carboxylic acids is 1. The third kappa shape index (κ3) is 2.50. The monoisotopic (exact) mass is 253 g/mol. The summed E-state index contributed by atoms with van der Waals surface area (Å²) in [5.41, 5.74) is 2.91. The van der Waals surface area contributed by atoms with Crippen molar-refractivity contribution in [2.75, 3.05) is 20.1 Å². The summed E-state index contributed by atoms with van der Waals surface area (Å²) in [4.78, 5) is 19.8. The summed E-state index contributed by atoms with van der Waals surface area (Å²) in [6.45, 7) is 5.89. The molecule has 0 radical (unpaired) electrons. The number of hydrogen-bond acceptors (Lipinski definition) is 4. The van der Waals surface area contributed by atoms with Gasteiger partial charge in [-0.25, -0.2) is 4.98 Å². The van der Waals surface area contributed by atoms with Crippen molar-refractivity contribution in [3.63, 3.8) is 0 Å². The number of hydrogen-bond donors (Lipinski definition) is 1. The maximum absolute atomic E-state index is 12.4. The van der Waals surface area contributed by atoms with Crippen molar-refractivity contribution in [2.45, 2.75) is 26.3 Å². The van der Waals surface area contributed by atoms with Gasteiger partial charge in [-0.05, 0) is 13.0 Å². The molecule has 0 aliphatic carbocycles. The van der Waals surface area contributed by atoms with Crippen LogP contribution in [0.25, 0.3) is 0 Å². The molecule has 1 aliphatic rings. The second kappa shape index (κ2) is 5.14. The van der Waals surface area contributed by atoms with Gasteiger partial charge in [0, 0.05) is 19.5 Å². The zero-order valence-corrected chi connectivity index (χ0v) is 11.4. The Balaban J connectivity index is 2.25. The van der Waals surface area contributed by atoms with E-state index in [9.17, 15) is 4.79 Å². The molecule has 0 fully saturated rings. The Morgan fingerprint density at radius 2 is 2.41 bits per heavy atom. The molecule has 0 bridgehead atoms. The summed E-state index contributed by atoms with van der Waals surface area (Å²) in [5.74, 6) is 0.685. The molecule has 5 heteroatoms. The first-order valence-electron chi connectivity index (χ1n) is 6.01. The van der Waals surface area contributed by atoms with Gasteiger partial charge in [0.15, 0.2) is 0 Å². The van der Waals surface area contributed by atoms with Gasteiger partial charge in [0.25, 0.3) is 0 Å². The zero-order chi connectivity index (χ0) is 12.4. The number of nitrogens with one attached hydrogen (secondary N) is 1. The van der Waals surface area contributed by atoms with Crippen molar-refractivity contribution in [2.24, 2.45) is 5.92 Å².